The van der Waals surface area contributed by atoms with E-state index >= 15 is 0 Å². The molecule has 0 aliphatic carbocycles. The molecule has 7 heteroatoms. The first-order valence-electron chi connectivity index (χ1n) is 5.50. The van der Waals surface area contributed by atoms with E-state index in [1.165, 1.54) is 0 Å². The number of rotatable bonds is 1. The number of nitrogens with one attached hydrogen (secondary N) is 1. The van der Waals surface area contributed by atoms with Crippen LogP contribution in [0.4, 0.5) is 0 Å². The van der Waals surface area contributed by atoms with E-state index in [2.05, 4.69) is 0 Å². The fourth-order valence-corrected chi connectivity index (χ4v) is 3.55. The molecule has 1 heterocycles. The molecular formula is C13H8Cl2N4S. The quantitative estimate of drug-likeness (QED) is 0.824. The van der Waals surface area contributed by atoms with Gasteiger partial charge in [0.1, 0.15) is 5.92 Å². The minimum absolute atomic E-state index is 0.0880. The second-order valence-corrected chi connectivity index (χ2v) is 5.97. The Morgan fingerprint density at radius 1 is 1.25 bits per heavy atom. The zero-order valence-electron chi connectivity index (χ0n) is 10.0. The van der Waals surface area contributed by atoms with E-state index < -0.39 is 11.8 Å². The smallest absolute Gasteiger partial charge is 0.106 e. The summed E-state index contributed by atoms with van der Waals surface area (Å²) in [5.41, 5.74) is 6.50. The Morgan fingerprint density at radius 2 is 1.85 bits per heavy atom. The van der Waals surface area contributed by atoms with Crippen molar-refractivity contribution in [3.8, 4) is 12.1 Å². The highest BCUT2D eigenvalue weighted by molar-refractivity contribution is 8.17. The van der Waals surface area contributed by atoms with Crippen LogP contribution in [0.25, 0.3) is 0 Å². The Hall–Kier alpha value is -1.66. The van der Waals surface area contributed by atoms with Gasteiger partial charge in [-0.3, -0.25) is 5.41 Å². The summed E-state index contributed by atoms with van der Waals surface area (Å²) in [6.07, 6.45) is 0. The average Bonchev–Trinajstić information content (AvgIpc) is 2.38. The molecule has 3 N–H and O–H groups in total. The normalized spacial score (nSPS) is 22.3. The van der Waals surface area contributed by atoms with Crippen LogP contribution in [0.15, 0.2) is 28.8 Å². The first-order valence-corrected chi connectivity index (χ1v) is 7.08. The molecule has 0 bridgehead atoms. The number of allylic oxidation sites excluding steroid dienone is 1. The van der Waals surface area contributed by atoms with E-state index in [0.29, 0.717) is 15.6 Å². The van der Waals surface area contributed by atoms with Gasteiger partial charge in [-0.1, -0.05) is 41.0 Å². The van der Waals surface area contributed by atoms with Crippen molar-refractivity contribution in [2.45, 2.75) is 5.92 Å². The molecule has 100 valence electrons. The van der Waals surface area contributed by atoms with Crippen LogP contribution in [-0.4, -0.2) is 5.04 Å². The minimum Gasteiger partial charge on any atom is -0.392 e. The lowest BCUT2D eigenvalue weighted by Crippen LogP contribution is -2.27. The summed E-state index contributed by atoms with van der Waals surface area (Å²) in [7, 11) is 0. The summed E-state index contributed by atoms with van der Waals surface area (Å²) < 4.78 is 0. The predicted molar refractivity (Wildman–Crippen MR) is 80.5 cm³/mol. The molecule has 4 nitrogen and oxygen atoms in total. The Labute approximate surface area is 130 Å². The number of halogens is 2. The van der Waals surface area contributed by atoms with E-state index in [4.69, 9.17) is 34.3 Å². The summed E-state index contributed by atoms with van der Waals surface area (Å²) in [6, 6.07) is 8.99. The largest absolute Gasteiger partial charge is 0.392 e. The topological polar surface area (TPSA) is 97.4 Å². The molecule has 0 aromatic heterocycles. The third-order valence-electron chi connectivity index (χ3n) is 2.98. The van der Waals surface area contributed by atoms with Crippen LogP contribution in [-0.2, 0) is 0 Å². The Bertz CT molecular complexity index is 679. The van der Waals surface area contributed by atoms with Crippen molar-refractivity contribution in [2.24, 2.45) is 11.7 Å². The van der Waals surface area contributed by atoms with Crippen LogP contribution < -0.4 is 5.73 Å². The summed E-state index contributed by atoms with van der Waals surface area (Å²) in [5.74, 6) is -1.53. The first kappa shape index (κ1) is 14.7. The molecule has 1 aliphatic heterocycles. The number of nitrogens with two attached hydrogens (primary N) is 1. The third-order valence-corrected chi connectivity index (χ3v) is 4.56. The number of hydrogen-bond acceptors (Lipinski definition) is 5. The maximum Gasteiger partial charge on any atom is 0.106 e. The number of thioether (sulfide) groups is 1. The van der Waals surface area contributed by atoms with Gasteiger partial charge >= 0.3 is 0 Å². The molecule has 0 saturated heterocycles. The minimum atomic E-state index is -0.820. The molecular weight excluding hydrogens is 315 g/mol. The monoisotopic (exact) mass is 322 g/mol. The highest BCUT2D eigenvalue weighted by Crippen LogP contribution is 2.46. The van der Waals surface area contributed by atoms with Crippen molar-refractivity contribution in [3.05, 3.63) is 44.4 Å². The molecule has 0 radical (unpaired) electrons. The van der Waals surface area contributed by atoms with E-state index in [1.54, 1.807) is 18.2 Å². The molecule has 2 atom stereocenters. The number of hydrogen-bond donors (Lipinski definition) is 2. The van der Waals surface area contributed by atoms with Gasteiger partial charge < -0.3 is 5.73 Å². The van der Waals surface area contributed by atoms with Gasteiger partial charge in [-0.15, -0.1) is 0 Å². The van der Waals surface area contributed by atoms with Crippen molar-refractivity contribution in [1.82, 2.24) is 0 Å². The Kier molecular flexibility index (Phi) is 4.25. The lowest BCUT2D eigenvalue weighted by atomic mass is 9.81. The number of nitrogens with zero attached hydrogens (tertiary/aromatic N) is 2. The van der Waals surface area contributed by atoms with Crippen LogP contribution in [0.5, 0.6) is 0 Å². The van der Waals surface area contributed by atoms with Gasteiger partial charge in [0.2, 0.25) is 0 Å². The third kappa shape index (κ3) is 2.36. The molecule has 2 rings (SSSR count). The van der Waals surface area contributed by atoms with Gasteiger partial charge in [-0.05, 0) is 17.7 Å². The first-order chi connectivity index (χ1) is 9.51. The molecule has 1 aromatic rings. The zero-order valence-corrected chi connectivity index (χ0v) is 12.4. The fraction of sp³-hybridized carbons (Fsp3) is 0.154. The number of benzene rings is 1. The van der Waals surface area contributed by atoms with E-state index in [-0.39, 0.29) is 15.6 Å². The SMILES string of the molecule is N#CC1=C(N)SC(=N)[C@@H](C#N)[C@H]1c1c(Cl)cccc1Cl. The van der Waals surface area contributed by atoms with Crippen LogP contribution >= 0.6 is 35.0 Å². The lowest BCUT2D eigenvalue weighted by molar-refractivity contribution is 0.729. The van der Waals surface area contributed by atoms with Gasteiger partial charge in [-0.2, -0.15) is 10.5 Å². The molecule has 20 heavy (non-hydrogen) atoms. The highest BCUT2D eigenvalue weighted by atomic mass is 35.5. The molecule has 0 fully saturated rings. The molecule has 0 saturated carbocycles. The second-order valence-electron chi connectivity index (χ2n) is 4.08. The van der Waals surface area contributed by atoms with E-state index in [1.807, 2.05) is 12.1 Å². The van der Waals surface area contributed by atoms with Gasteiger partial charge in [0.05, 0.1) is 27.8 Å². The predicted octanol–water partition coefficient (Wildman–Crippen LogP) is 3.63. The van der Waals surface area contributed by atoms with E-state index in [9.17, 15) is 10.5 Å². The molecule has 0 unspecified atom stereocenters. The van der Waals surface area contributed by atoms with Crippen molar-refractivity contribution >= 4 is 40.0 Å². The van der Waals surface area contributed by atoms with Gasteiger partial charge in [0.25, 0.3) is 0 Å². The van der Waals surface area contributed by atoms with Crippen molar-refractivity contribution in [3.63, 3.8) is 0 Å². The number of nitriles is 2. The maximum absolute atomic E-state index is 9.31. The second kappa shape index (κ2) is 5.76. The standard InChI is InChI=1S/C13H8Cl2N4S/c14-8-2-1-3-9(15)11(8)10-6(4-16)12(18)20-13(19)7(10)5-17/h1-3,6,10,18H,19H2/t6-,10+/m0/s1. The summed E-state index contributed by atoms with van der Waals surface area (Å²) >= 11 is 13.2. The maximum atomic E-state index is 9.31. The zero-order chi connectivity index (χ0) is 14.9. The highest BCUT2D eigenvalue weighted by Gasteiger charge is 2.39. The lowest BCUT2D eigenvalue weighted by Gasteiger charge is -2.28. The van der Waals surface area contributed by atoms with Gasteiger partial charge in [0, 0.05) is 16.0 Å². The molecule has 0 spiro atoms. The Balaban J connectivity index is 2.73. The molecule has 1 aromatic carbocycles. The van der Waals surface area contributed by atoms with Crippen LogP contribution in [0.2, 0.25) is 10.0 Å². The van der Waals surface area contributed by atoms with Crippen molar-refractivity contribution in [1.29, 1.82) is 15.9 Å². The van der Waals surface area contributed by atoms with Gasteiger partial charge in [0.15, 0.2) is 0 Å². The fourth-order valence-electron chi connectivity index (χ4n) is 2.08. The van der Waals surface area contributed by atoms with E-state index in [0.717, 1.165) is 11.8 Å². The molecule has 0 amide bonds. The van der Waals surface area contributed by atoms with Crippen LogP contribution in [0.3, 0.4) is 0 Å². The summed E-state index contributed by atoms with van der Waals surface area (Å²) in [5, 5.41) is 27.5. The van der Waals surface area contributed by atoms with Crippen LogP contribution in [0, 0.1) is 34.0 Å². The summed E-state index contributed by atoms with van der Waals surface area (Å²) in [4.78, 5) is 0. The van der Waals surface area contributed by atoms with Crippen molar-refractivity contribution in [2.75, 3.05) is 0 Å². The Morgan fingerprint density at radius 3 is 2.35 bits per heavy atom. The summed E-state index contributed by atoms with van der Waals surface area (Å²) in [6.45, 7) is 0. The average molecular weight is 323 g/mol. The molecule has 1 aliphatic rings. The van der Waals surface area contributed by atoms with Gasteiger partial charge in [-0.25, -0.2) is 0 Å². The van der Waals surface area contributed by atoms with Crippen LogP contribution in [0.1, 0.15) is 11.5 Å². The van der Waals surface area contributed by atoms with Crippen molar-refractivity contribution < 1.29 is 0 Å².